The minimum Gasteiger partial charge on any atom is -0.339 e. The molecule has 0 radical (unpaired) electrons. The number of hydrogen-bond acceptors (Lipinski definition) is 4. The third-order valence-electron chi connectivity index (χ3n) is 5.28. The summed E-state index contributed by atoms with van der Waals surface area (Å²) < 4.78 is 0. The molecule has 7 nitrogen and oxygen atoms in total. The number of allylic oxidation sites excluding steroid dienone is 1. The second-order valence-electron chi connectivity index (χ2n) is 7.44. The molecule has 0 atom stereocenters. The lowest BCUT2D eigenvalue weighted by atomic mass is 9.92. The SMILES string of the molecule is N#CNC(=NC/C=C/CCC1CCN(C(=O)c2ccccc2)CC1)Nc1cccnc1. The quantitative estimate of drug-likeness (QED) is 0.235. The first-order valence-electron chi connectivity index (χ1n) is 10.6. The lowest BCUT2D eigenvalue weighted by Gasteiger charge is -2.32. The van der Waals surface area contributed by atoms with Crippen molar-refractivity contribution in [2.24, 2.45) is 10.9 Å². The number of guanidine groups is 1. The number of likely N-dealkylation sites (tertiary alicyclic amines) is 1. The fourth-order valence-electron chi connectivity index (χ4n) is 3.59. The average molecular weight is 417 g/mol. The number of carbonyl (C=O) groups is 1. The highest BCUT2D eigenvalue weighted by Gasteiger charge is 2.22. The Morgan fingerprint density at radius 3 is 2.71 bits per heavy atom. The van der Waals surface area contributed by atoms with Crippen LogP contribution in [0.4, 0.5) is 5.69 Å². The van der Waals surface area contributed by atoms with Gasteiger partial charge in [0.1, 0.15) is 0 Å². The molecule has 1 amide bonds. The van der Waals surface area contributed by atoms with Crippen molar-refractivity contribution >= 4 is 17.6 Å². The van der Waals surface area contributed by atoms with E-state index in [-0.39, 0.29) is 5.91 Å². The van der Waals surface area contributed by atoms with E-state index in [0.29, 0.717) is 18.4 Å². The first-order chi connectivity index (χ1) is 15.3. The molecule has 2 heterocycles. The number of rotatable bonds is 7. The van der Waals surface area contributed by atoms with E-state index < -0.39 is 0 Å². The molecule has 1 aliphatic heterocycles. The Labute approximate surface area is 183 Å². The summed E-state index contributed by atoms with van der Waals surface area (Å²) in [5.74, 6) is 1.19. The van der Waals surface area contributed by atoms with E-state index in [1.807, 2.05) is 59.6 Å². The normalized spacial score (nSPS) is 14.9. The Kier molecular flexibility index (Phi) is 8.62. The number of nitrogens with zero attached hydrogens (tertiary/aromatic N) is 4. The summed E-state index contributed by atoms with van der Waals surface area (Å²) in [4.78, 5) is 22.9. The number of carbonyl (C=O) groups excluding carboxylic acids is 1. The number of piperidine rings is 1. The van der Waals surface area contributed by atoms with Crippen molar-refractivity contribution in [2.45, 2.75) is 25.7 Å². The predicted octanol–water partition coefficient (Wildman–Crippen LogP) is 3.81. The van der Waals surface area contributed by atoms with E-state index in [1.54, 1.807) is 12.4 Å². The van der Waals surface area contributed by atoms with Gasteiger partial charge in [-0.15, -0.1) is 0 Å². The number of hydrogen-bond donors (Lipinski definition) is 2. The van der Waals surface area contributed by atoms with Crippen molar-refractivity contribution in [1.82, 2.24) is 15.2 Å². The summed E-state index contributed by atoms with van der Waals surface area (Å²) >= 11 is 0. The highest BCUT2D eigenvalue weighted by Crippen LogP contribution is 2.23. The summed E-state index contributed by atoms with van der Waals surface area (Å²) in [5.41, 5.74) is 1.54. The maximum atomic E-state index is 12.5. The zero-order valence-corrected chi connectivity index (χ0v) is 17.6. The molecule has 2 aromatic rings. The van der Waals surface area contributed by atoms with Crippen LogP contribution in [0.15, 0.2) is 72.0 Å². The van der Waals surface area contributed by atoms with Gasteiger partial charge in [0.05, 0.1) is 18.4 Å². The zero-order chi connectivity index (χ0) is 21.7. The monoisotopic (exact) mass is 416 g/mol. The molecular formula is C24H28N6O. The van der Waals surface area contributed by atoms with E-state index in [1.165, 1.54) is 0 Å². The van der Waals surface area contributed by atoms with Crippen molar-refractivity contribution in [2.75, 3.05) is 25.0 Å². The van der Waals surface area contributed by atoms with Crippen molar-refractivity contribution in [3.63, 3.8) is 0 Å². The first-order valence-corrected chi connectivity index (χ1v) is 10.6. The van der Waals surface area contributed by atoms with Gasteiger partial charge >= 0.3 is 0 Å². The first kappa shape index (κ1) is 22.0. The van der Waals surface area contributed by atoms with Crippen molar-refractivity contribution in [3.8, 4) is 6.19 Å². The summed E-state index contributed by atoms with van der Waals surface area (Å²) in [6, 6.07) is 13.2. The molecule has 7 heteroatoms. The molecular weight excluding hydrogens is 388 g/mol. The Morgan fingerprint density at radius 1 is 1.19 bits per heavy atom. The molecule has 1 fully saturated rings. The van der Waals surface area contributed by atoms with E-state index in [9.17, 15) is 4.79 Å². The molecule has 1 aliphatic rings. The third-order valence-corrected chi connectivity index (χ3v) is 5.28. The minimum absolute atomic E-state index is 0.137. The Morgan fingerprint density at radius 2 is 2.00 bits per heavy atom. The summed E-state index contributed by atoms with van der Waals surface area (Å²) in [5, 5.41) is 14.5. The van der Waals surface area contributed by atoms with Gasteiger partial charge in [-0.05, 0) is 55.9 Å². The molecule has 0 unspecified atom stereocenters. The molecule has 3 rings (SSSR count). The molecule has 0 saturated carbocycles. The Bertz CT molecular complexity index is 912. The van der Waals surface area contributed by atoms with Crippen LogP contribution in [0.5, 0.6) is 0 Å². The van der Waals surface area contributed by atoms with Gasteiger partial charge in [0.15, 0.2) is 6.19 Å². The maximum absolute atomic E-state index is 12.5. The number of aliphatic imine (C=N–C) groups is 1. The lowest BCUT2D eigenvalue weighted by Crippen LogP contribution is -2.38. The number of aromatic nitrogens is 1. The van der Waals surface area contributed by atoms with E-state index >= 15 is 0 Å². The van der Waals surface area contributed by atoms with Crippen LogP contribution >= 0.6 is 0 Å². The molecule has 1 aromatic heterocycles. The number of amides is 1. The summed E-state index contributed by atoms with van der Waals surface area (Å²) in [6.45, 7) is 2.15. The van der Waals surface area contributed by atoms with Gasteiger partial charge in [-0.25, -0.2) is 4.99 Å². The van der Waals surface area contributed by atoms with Crippen LogP contribution < -0.4 is 10.6 Å². The molecule has 1 aromatic carbocycles. The van der Waals surface area contributed by atoms with Crippen molar-refractivity contribution in [3.05, 3.63) is 72.6 Å². The second-order valence-corrected chi connectivity index (χ2v) is 7.44. The predicted molar refractivity (Wildman–Crippen MR) is 122 cm³/mol. The summed E-state index contributed by atoms with van der Waals surface area (Å²) in [6.07, 6.45) is 13.6. The van der Waals surface area contributed by atoms with Gasteiger partial charge < -0.3 is 10.2 Å². The van der Waals surface area contributed by atoms with Crippen LogP contribution in [0.25, 0.3) is 0 Å². The van der Waals surface area contributed by atoms with Crippen molar-refractivity contribution < 1.29 is 4.79 Å². The number of anilines is 1. The maximum Gasteiger partial charge on any atom is 0.253 e. The second kappa shape index (κ2) is 12.1. The van der Waals surface area contributed by atoms with E-state index in [4.69, 9.17) is 5.26 Å². The van der Waals surface area contributed by atoms with Crippen molar-refractivity contribution in [1.29, 1.82) is 5.26 Å². The fraction of sp³-hybridized carbons (Fsp3) is 0.333. The largest absolute Gasteiger partial charge is 0.339 e. The number of nitriles is 1. The molecule has 0 aliphatic carbocycles. The highest BCUT2D eigenvalue weighted by molar-refractivity contribution is 5.94. The number of nitrogens with one attached hydrogen (secondary N) is 2. The van der Waals surface area contributed by atoms with Crippen LogP contribution in [-0.2, 0) is 0 Å². The average Bonchev–Trinajstić information content (AvgIpc) is 2.82. The number of benzene rings is 1. The van der Waals surface area contributed by atoms with Gasteiger partial charge in [0.2, 0.25) is 5.96 Å². The summed E-state index contributed by atoms with van der Waals surface area (Å²) in [7, 11) is 0. The molecule has 1 saturated heterocycles. The van der Waals surface area contributed by atoms with E-state index in [2.05, 4.69) is 26.7 Å². The number of pyridine rings is 1. The van der Waals surface area contributed by atoms with Gasteiger partial charge in [-0.3, -0.25) is 15.1 Å². The standard InChI is InChI=1S/C24H28N6O/c25-19-28-24(29-22-11-7-14-26-18-22)27-15-6-2-3-8-20-12-16-30(17-13-20)23(31)21-9-4-1-5-10-21/h1-2,4-7,9-11,14,18,20H,3,8,12-13,15-17H2,(H2,27,28,29)/b6-2+. The smallest absolute Gasteiger partial charge is 0.253 e. The Balaban J connectivity index is 1.36. The van der Waals surface area contributed by atoms with Gasteiger partial charge in [-0.2, -0.15) is 5.26 Å². The molecule has 160 valence electrons. The van der Waals surface area contributed by atoms with Crippen LogP contribution in [0.1, 0.15) is 36.0 Å². The van der Waals surface area contributed by atoms with Gasteiger partial charge in [-0.1, -0.05) is 30.4 Å². The molecule has 2 N–H and O–H groups in total. The fourth-order valence-corrected chi connectivity index (χ4v) is 3.59. The minimum atomic E-state index is 0.137. The zero-order valence-electron chi connectivity index (χ0n) is 17.6. The van der Waals surface area contributed by atoms with Gasteiger partial charge in [0.25, 0.3) is 5.91 Å². The molecule has 0 spiro atoms. The highest BCUT2D eigenvalue weighted by atomic mass is 16.2. The molecule has 31 heavy (non-hydrogen) atoms. The Hall–Kier alpha value is -3.66. The van der Waals surface area contributed by atoms with Crippen LogP contribution in [0.2, 0.25) is 0 Å². The van der Waals surface area contributed by atoms with E-state index in [0.717, 1.165) is 50.0 Å². The third kappa shape index (κ3) is 7.27. The van der Waals surface area contributed by atoms with Crippen LogP contribution in [0.3, 0.4) is 0 Å². The molecule has 0 bridgehead atoms. The van der Waals surface area contributed by atoms with Gasteiger partial charge in [0, 0.05) is 24.8 Å². The lowest BCUT2D eigenvalue weighted by molar-refractivity contribution is 0.0687. The topological polar surface area (TPSA) is 93.4 Å². The van der Waals surface area contributed by atoms with Crippen LogP contribution in [0, 0.1) is 17.4 Å². The van der Waals surface area contributed by atoms with Crippen LogP contribution in [-0.4, -0.2) is 41.4 Å².